The van der Waals surface area contributed by atoms with E-state index in [-0.39, 0.29) is 55.0 Å². The number of benzene rings is 2. The third-order valence-electron chi connectivity index (χ3n) is 13.9. The van der Waals surface area contributed by atoms with Crippen LogP contribution in [0.1, 0.15) is 86.3 Å². The van der Waals surface area contributed by atoms with Crippen molar-refractivity contribution in [3.05, 3.63) is 112 Å². The van der Waals surface area contributed by atoms with Crippen molar-refractivity contribution in [2.45, 2.75) is 103 Å². The van der Waals surface area contributed by atoms with Gasteiger partial charge in [-0.15, -0.1) is 0 Å². The van der Waals surface area contributed by atoms with Gasteiger partial charge in [-0.25, -0.2) is 4.98 Å². The lowest BCUT2D eigenvalue weighted by atomic mass is 9.83. The van der Waals surface area contributed by atoms with E-state index < -0.39 is 48.4 Å². The SMILES string of the molecule is CNC(C)C(=O)NC(C(=O)N1Cc2cc(OCCOCCOCCOCCOCCNCc3nn(C)cc3N3C(C(N)=O)=COC3c3ccnc(NCC(F)(F)F)c3)ccc2C[C@H]1C(=O)N[C@@H]1CCCc2ccccc21)C(C)(C)C. The molecular weight excluding hydrogens is 1040 g/mol. The number of amides is 4. The van der Waals surface area contributed by atoms with Crippen LogP contribution >= 0.6 is 0 Å². The number of nitrogens with zero attached hydrogens (tertiary/aromatic N) is 5. The largest absolute Gasteiger partial charge is 0.491 e. The molecule has 0 bridgehead atoms. The number of carbonyl (C=O) groups is 4. The number of primary amides is 1. The van der Waals surface area contributed by atoms with E-state index in [4.69, 9.17) is 34.2 Å². The summed E-state index contributed by atoms with van der Waals surface area (Å²) in [7, 11) is 3.40. The highest BCUT2D eigenvalue weighted by molar-refractivity contribution is 5.96. The molecule has 2 aromatic carbocycles. The molecule has 2 aliphatic heterocycles. The Balaban J connectivity index is 0.787. The first kappa shape index (κ1) is 60.8. The molecule has 3 unspecified atom stereocenters. The molecule has 80 heavy (non-hydrogen) atoms. The Morgan fingerprint density at radius 2 is 1.59 bits per heavy atom. The van der Waals surface area contributed by atoms with Crippen molar-refractivity contribution in [2.75, 3.05) is 89.8 Å². The van der Waals surface area contributed by atoms with Gasteiger partial charge in [0, 0.05) is 51.1 Å². The zero-order valence-electron chi connectivity index (χ0n) is 46.4. The van der Waals surface area contributed by atoms with Crippen LogP contribution in [-0.2, 0) is 75.8 Å². The first-order chi connectivity index (χ1) is 38.3. The second-order valence-electron chi connectivity index (χ2n) is 20.9. The van der Waals surface area contributed by atoms with E-state index in [0.29, 0.717) is 88.5 Å². The molecule has 0 spiro atoms. The summed E-state index contributed by atoms with van der Waals surface area (Å²) in [5.41, 5.74) is 10.7. The van der Waals surface area contributed by atoms with Gasteiger partial charge >= 0.3 is 6.18 Å². The lowest BCUT2D eigenvalue weighted by Gasteiger charge is -2.41. The van der Waals surface area contributed by atoms with E-state index in [1.165, 1.54) is 24.1 Å². The smallest absolute Gasteiger partial charge is 0.405 e. The van der Waals surface area contributed by atoms with Crippen LogP contribution in [0.25, 0.3) is 0 Å². The minimum atomic E-state index is -4.44. The first-order valence-corrected chi connectivity index (χ1v) is 27.0. The van der Waals surface area contributed by atoms with Gasteiger partial charge in [0.2, 0.25) is 23.9 Å². The highest BCUT2D eigenvalue weighted by atomic mass is 19.4. The molecule has 0 fully saturated rings. The molecule has 7 N–H and O–H groups in total. The lowest BCUT2D eigenvalue weighted by Crippen LogP contribution is -2.62. The van der Waals surface area contributed by atoms with Gasteiger partial charge in [0.25, 0.3) is 5.91 Å². The number of hydrogen-bond donors (Lipinski definition) is 6. The maximum Gasteiger partial charge on any atom is 0.405 e. The van der Waals surface area contributed by atoms with Crippen molar-refractivity contribution in [3.8, 4) is 5.75 Å². The third kappa shape index (κ3) is 16.9. The highest BCUT2D eigenvalue weighted by Crippen LogP contribution is 2.39. The number of carbonyl (C=O) groups excluding carboxylic acids is 4. The molecule has 436 valence electrons. The van der Waals surface area contributed by atoms with E-state index in [9.17, 15) is 32.3 Å². The van der Waals surface area contributed by atoms with E-state index in [2.05, 4.69) is 48.8 Å². The predicted octanol–water partition coefficient (Wildman–Crippen LogP) is 4.47. The molecule has 5 atom stereocenters. The van der Waals surface area contributed by atoms with Gasteiger partial charge in [-0.1, -0.05) is 51.1 Å². The van der Waals surface area contributed by atoms with Crippen molar-refractivity contribution in [2.24, 2.45) is 18.2 Å². The molecule has 0 radical (unpaired) electrons. The standard InChI is InChI=1S/C56H76F3N11O10/c1-36(61-5)51(72)66-49(55(2,3)4)53(74)69-32-40-28-41(15-14-38(40)29-45(69)52(73)65-43-13-9-11-37-10-7-8-12-42(37)43)79-27-26-78-25-24-77-23-22-76-21-20-75-19-18-62-31-44-46(33-68(6)67-44)70-47(50(60)71)34-80-54(70)39-16-17-63-48(30-39)64-35-56(57,58)59/h7-8,10,12,14-17,28,30,33-34,36,43,45,49,54,61-62H,9,11,13,18-27,29,31-32,35H2,1-6H3,(H2,60,71)(H,63,64)(H,65,73)(H,66,72)/t36?,43-,45+,49?,54?/m1/s1. The Kier molecular flexibility index (Phi) is 21.7. The molecule has 1 aliphatic carbocycles. The highest BCUT2D eigenvalue weighted by Gasteiger charge is 2.43. The van der Waals surface area contributed by atoms with Crippen LogP contribution in [0.2, 0.25) is 0 Å². The Bertz CT molecular complexity index is 2760. The summed E-state index contributed by atoms with van der Waals surface area (Å²) in [4.78, 5) is 61.8. The Morgan fingerprint density at radius 1 is 0.887 bits per heavy atom. The van der Waals surface area contributed by atoms with Crippen LogP contribution in [-0.4, -0.2) is 147 Å². The van der Waals surface area contributed by atoms with Gasteiger partial charge in [0.1, 0.15) is 48.8 Å². The zero-order valence-corrected chi connectivity index (χ0v) is 46.4. The number of likely N-dealkylation sites (N-methyl/N-ethyl adjacent to an activating group) is 1. The number of aryl methyl sites for hydroxylation is 2. The maximum absolute atomic E-state index is 14.7. The molecule has 4 aromatic rings. The van der Waals surface area contributed by atoms with Crippen molar-refractivity contribution in [3.63, 3.8) is 0 Å². The van der Waals surface area contributed by atoms with Gasteiger partial charge in [0.05, 0.1) is 76.3 Å². The number of ether oxygens (including phenoxy) is 6. The van der Waals surface area contributed by atoms with Crippen LogP contribution in [0.4, 0.5) is 24.7 Å². The summed E-state index contributed by atoms with van der Waals surface area (Å²) < 4.78 is 74.8. The molecule has 2 aromatic heterocycles. The number of aromatic nitrogens is 3. The van der Waals surface area contributed by atoms with Gasteiger partial charge in [-0.2, -0.15) is 18.3 Å². The summed E-state index contributed by atoms with van der Waals surface area (Å²) in [6, 6.07) is 14.5. The summed E-state index contributed by atoms with van der Waals surface area (Å²) in [5.74, 6) is -1.04. The minimum Gasteiger partial charge on any atom is -0.491 e. The normalized spacial score (nSPS) is 17.9. The zero-order chi connectivity index (χ0) is 57.4. The van der Waals surface area contributed by atoms with Gasteiger partial charge < -0.3 is 65.6 Å². The van der Waals surface area contributed by atoms with Crippen molar-refractivity contribution in [1.82, 2.24) is 40.9 Å². The lowest BCUT2D eigenvalue weighted by molar-refractivity contribution is -0.147. The maximum atomic E-state index is 14.7. The van der Waals surface area contributed by atoms with Crippen LogP contribution < -0.4 is 42.0 Å². The average molecular weight is 1120 g/mol. The Labute approximate surface area is 464 Å². The number of rotatable bonds is 29. The van der Waals surface area contributed by atoms with Gasteiger partial charge in [-0.05, 0) is 85.2 Å². The number of alkyl halides is 3. The van der Waals surface area contributed by atoms with Crippen molar-refractivity contribution in [1.29, 1.82) is 0 Å². The summed E-state index contributed by atoms with van der Waals surface area (Å²) in [6.07, 6.45) is 1.89. The average Bonchev–Trinajstić information content (AvgIpc) is 4.19. The van der Waals surface area contributed by atoms with Crippen molar-refractivity contribution >= 4 is 35.1 Å². The fourth-order valence-electron chi connectivity index (χ4n) is 9.60. The summed E-state index contributed by atoms with van der Waals surface area (Å²) in [5, 5.41) is 19.3. The monoisotopic (exact) mass is 1120 g/mol. The third-order valence-corrected chi connectivity index (χ3v) is 13.9. The van der Waals surface area contributed by atoms with Crippen LogP contribution in [0.3, 0.4) is 0 Å². The molecule has 3 aliphatic rings. The minimum absolute atomic E-state index is 0.0169. The quantitative estimate of drug-likeness (QED) is 0.0411. The molecule has 0 saturated carbocycles. The molecule has 7 rings (SSSR count). The van der Waals surface area contributed by atoms with Gasteiger partial charge in [-0.3, -0.25) is 28.8 Å². The van der Waals surface area contributed by atoms with Crippen LogP contribution in [0, 0.1) is 5.41 Å². The Hall–Kier alpha value is -6.83. The van der Waals surface area contributed by atoms with E-state index in [1.807, 2.05) is 51.1 Å². The topological polar surface area (TPSA) is 247 Å². The fraction of sp³-hybridized carbons (Fsp3) is 0.536. The van der Waals surface area contributed by atoms with E-state index in [0.717, 1.165) is 36.0 Å². The van der Waals surface area contributed by atoms with E-state index >= 15 is 0 Å². The molecule has 4 amide bonds. The van der Waals surface area contributed by atoms with Crippen LogP contribution in [0.15, 0.2) is 79.0 Å². The number of hydrogen-bond acceptors (Lipinski definition) is 16. The Morgan fingerprint density at radius 3 is 2.27 bits per heavy atom. The molecule has 4 heterocycles. The number of fused-ring (bicyclic) bond motifs is 2. The van der Waals surface area contributed by atoms with E-state index in [1.54, 1.807) is 47.8 Å². The number of anilines is 2. The molecular formula is C56H76F3N11O10. The molecule has 21 nitrogen and oxygen atoms in total. The first-order valence-electron chi connectivity index (χ1n) is 27.0. The van der Waals surface area contributed by atoms with Crippen LogP contribution in [0.5, 0.6) is 5.75 Å². The predicted molar refractivity (Wildman–Crippen MR) is 291 cm³/mol. The number of pyridine rings is 1. The molecule has 24 heteroatoms. The van der Waals surface area contributed by atoms with Gasteiger partial charge in [0.15, 0.2) is 0 Å². The second kappa shape index (κ2) is 28.5. The summed E-state index contributed by atoms with van der Waals surface area (Å²) >= 11 is 0. The number of nitrogens with two attached hydrogens (primary N) is 1. The fourth-order valence-corrected chi connectivity index (χ4v) is 9.60. The number of nitrogens with one attached hydrogen (secondary N) is 5. The molecule has 0 saturated heterocycles. The second-order valence-corrected chi connectivity index (χ2v) is 20.9. The summed E-state index contributed by atoms with van der Waals surface area (Å²) in [6.45, 7) is 10.2. The van der Waals surface area contributed by atoms with Crippen molar-refractivity contribution < 1.29 is 60.8 Å². The number of halogens is 3.